The molecule has 31 rings (SSSR count). The average Bonchev–Trinajstić information content (AvgIpc) is 1.52. The molecule has 0 saturated carbocycles. The van der Waals surface area contributed by atoms with Crippen LogP contribution in [0.1, 0.15) is 30.9 Å². The molecule has 15 nitrogen and oxygen atoms in total. The van der Waals surface area contributed by atoms with Gasteiger partial charge in [0, 0.05) is 0 Å². The van der Waals surface area contributed by atoms with Gasteiger partial charge in [-0.1, -0.05) is 268 Å². The second-order valence-corrected chi connectivity index (χ2v) is 34.8. The van der Waals surface area contributed by atoms with Crippen LogP contribution in [0.4, 0.5) is 0 Å². The van der Waals surface area contributed by atoms with Gasteiger partial charge in [0.2, 0.25) is 34.7 Å². The number of aromatic nitrogens is 15. The minimum Gasteiger partial charge on any atom is -0.276 e. The van der Waals surface area contributed by atoms with Crippen LogP contribution in [-0.2, 0) is 0 Å². The van der Waals surface area contributed by atoms with Crippen molar-refractivity contribution < 1.29 is 0 Å². The van der Waals surface area contributed by atoms with Gasteiger partial charge in [0.25, 0.3) is 0 Å². The molecule has 12 aromatic heterocycles. The summed E-state index contributed by atoms with van der Waals surface area (Å²) in [6.45, 7) is 6.61. The first-order valence-corrected chi connectivity index (χ1v) is 43.4. The average molecular weight is 1620 g/mol. The van der Waals surface area contributed by atoms with E-state index in [2.05, 4.69) is 418 Å². The van der Waals surface area contributed by atoms with Crippen LogP contribution in [0.15, 0.2) is 358 Å². The summed E-state index contributed by atoms with van der Waals surface area (Å²) in [7, 11) is 0. The maximum atomic E-state index is 5.27. The predicted molar refractivity (Wildman–Crippen MR) is 521 cm³/mol. The highest BCUT2D eigenvalue weighted by Gasteiger charge is 2.31. The summed E-state index contributed by atoms with van der Waals surface area (Å²) in [5.41, 5.74) is 34.9. The number of fused-ring (bicyclic) bond motifs is 36. The van der Waals surface area contributed by atoms with E-state index in [1.165, 1.54) is 115 Å². The first-order valence-electron chi connectivity index (χ1n) is 43.4. The van der Waals surface area contributed by atoms with Crippen molar-refractivity contribution in [1.82, 2.24) is 69.5 Å². The molecule has 0 fully saturated rings. The monoisotopic (exact) mass is 1620 g/mol. The van der Waals surface area contributed by atoms with Crippen molar-refractivity contribution in [3.8, 4) is 44.5 Å². The van der Waals surface area contributed by atoms with Gasteiger partial charge in [-0.05, 0) is 237 Å². The molecule has 0 aliphatic rings. The highest BCUT2D eigenvalue weighted by molar-refractivity contribution is 6.14. The third kappa shape index (κ3) is 9.62. The topological polar surface area (TPSA) is 117 Å². The van der Waals surface area contributed by atoms with Gasteiger partial charge in [-0.15, -0.1) is 0 Å². The Labute approximate surface area is 720 Å². The number of imidazole rings is 12. The van der Waals surface area contributed by atoms with Crippen LogP contribution in [-0.4, -0.2) is 69.5 Å². The molecular formula is C112H69N15. The molecule has 127 heavy (non-hydrogen) atoms. The number of hydrogen-bond donors (Lipinski definition) is 0. The summed E-state index contributed by atoms with van der Waals surface area (Å²) in [4.78, 5) is 31.5. The highest BCUT2D eigenvalue weighted by atomic mass is 15.3. The van der Waals surface area contributed by atoms with Crippen LogP contribution in [0.5, 0.6) is 0 Å². The summed E-state index contributed by atoms with van der Waals surface area (Å²) in [6, 6.07) is 129. The van der Waals surface area contributed by atoms with Gasteiger partial charge in [0.15, 0.2) is 0 Å². The van der Waals surface area contributed by atoms with Crippen LogP contribution in [0.25, 0.3) is 260 Å². The zero-order chi connectivity index (χ0) is 83.0. The van der Waals surface area contributed by atoms with E-state index in [1.54, 1.807) is 0 Å². The molecule has 0 atom stereocenters. The van der Waals surface area contributed by atoms with Gasteiger partial charge < -0.3 is 0 Å². The van der Waals surface area contributed by atoms with Gasteiger partial charge in [0.1, 0.15) is 16.6 Å². The Morgan fingerprint density at radius 2 is 0.402 bits per heavy atom. The Bertz CT molecular complexity index is 9690. The Morgan fingerprint density at radius 3 is 0.661 bits per heavy atom. The fourth-order valence-corrected chi connectivity index (χ4v) is 21.1. The Morgan fingerprint density at radius 1 is 0.181 bits per heavy atom. The minimum atomic E-state index is 0.495. The molecule has 15 heteroatoms. The third-order valence-electron chi connectivity index (χ3n) is 27.2. The fraction of sp³-hybridized carbons (Fsp3) is 0.0357. The Kier molecular flexibility index (Phi) is 13.6. The molecule has 19 aromatic carbocycles. The molecule has 0 amide bonds. The molecular weight excluding hydrogens is 1560 g/mol. The van der Waals surface area contributed by atoms with E-state index in [0.717, 1.165) is 156 Å². The fourth-order valence-electron chi connectivity index (χ4n) is 21.1. The summed E-state index contributed by atoms with van der Waals surface area (Å²) in [5, 5.41) is 14.4. The molecule has 0 saturated heterocycles. The molecule has 0 aliphatic carbocycles. The van der Waals surface area contributed by atoms with Crippen molar-refractivity contribution in [3.05, 3.63) is 369 Å². The quantitative estimate of drug-likeness (QED) is 0.169. The van der Waals surface area contributed by atoms with Crippen LogP contribution in [0.2, 0.25) is 0 Å². The predicted octanol–water partition coefficient (Wildman–Crippen LogP) is 27.4. The van der Waals surface area contributed by atoms with Crippen LogP contribution in [0, 0.1) is 6.92 Å². The van der Waals surface area contributed by atoms with Crippen LogP contribution >= 0.6 is 0 Å². The second kappa shape index (κ2) is 25.1. The molecule has 0 spiro atoms. The van der Waals surface area contributed by atoms with Gasteiger partial charge >= 0.3 is 0 Å². The molecule has 0 bridgehead atoms. The van der Waals surface area contributed by atoms with E-state index >= 15 is 0 Å². The lowest BCUT2D eigenvalue weighted by Crippen LogP contribution is -1.90. The highest BCUT2D eigenvalue weighted by Crippen LogP contribution is 2.46. The molecule has 592 valence electrons. The van der Waals surface area contributed by atoms with Crippen molar-refractivity contribution in [3.63, 3.8) is 0 Å². The van der Waals surface area contributed by atoms with Crippen LogP contribution in [0.3, 0.4) is 0 Å². The number of aryl methyl sites for hydroxylation is 1. The summed E-state index contributed by atoms with van der Waals surface area (Å²) in [6.07, 6.45) is 0. The Balaban J connectivity index is 0.0000000948. The third-order valence-corrected chi connectivity index (χ3v) is 27.2. The van der Waals surface area contributed by atoms with Gasteiger partial charge in [0.05, 0.1) is 99.3 Å². The number of hydrogen-bond acceptors (Lipinski definition) is 6. The van der Waals surface area contributed by atoms with Crippen molar-refractivity contribution in [1.29, 1.82) is 0 Å². The number of benzene rings is 19. The van der Waals surface area contributed by atoms with E-state index in [9.17, 15) is 0 Å². The maximum absolute atomic E-state index is 5.27. The van der Waals surface area contributed by atoms with E-state index in [0.29, 0.717) is 5.92 Å². The smallest absolute Gasteiger partial charge is 0.223 e. The lowest BCUT2D eigenvalue weighted by Gasteiger charge is -2.11. The lowest BCUT2D eigenvalue weighted by molar-refractivity contribution is 0.867. The molecule has 0 N–H and O–H groups in total. The normalized spacial score (nSPS) is 12.6. The zero-order valence-electron chi connectivity index (χ0n) is 68.8. The van der Waals surface area contributed by atoms with E-state index in [1.807, 2.05) is 0 Å². The van der Waals surface area contributed by atoms with Crippen molar-refractivity contribution in [2.75, 3.05) is 0 Å². The standard InChI is InChI=1S/C40H23N5.C37H25N5.C35H21N5/c1-2-10-24(11-3-1)30-16-8-9-17-31(30)29-22-36-38-37(23-29)44-35-21-28-15-7-5-13-26(28)19-33(35)42-40(44)45(38)39-41-32-18-25-12-4-6-14-27(25)20-34(32)43(36)39;1-21(2)22-11-13-23(14-12-22)28-19-33-35-34(20-28)41-32-18-27-10-6-4-8-25(27)16-30(32)39-37(41)42(35)36-38-29-15-24-7-3-5-9-26(24)17-31(29)40(33)36;1-20-10-12-21(13-11-20)26-18-31-33-32(19-26)39-30-17-25-9-5-3-7-23(25)15-28(30)37-35(39)40(33)34-36-27-14-22-6-2-4-8-24(22)16-29(27)38(31)34/h1-23H;3-21H,1-2H3;2-19H,1H3. The molecule has 0 aliphatic heterocycles. The first-order chi connectivity index (χ1) is 62.6. The summed E-state index contributed by atoms with van der Waals surface area (Å²) >= 11 is 0. The molecule has 31 aromatic rings. The zero-order valence-corrected chi connectivity index (χ0v) is 68.8. The van der Waals surface area contributed by atoms with E-state index < -0.39 is 0 Å². The van der Waals surface area contributed by atoms with Crippen molar-refractivity contribution in [2.45, 2.75) is 26.7 Å². The Hall–Kier alpha value is -17.0. The second-order valence-electron chi connectivity index (χ2n) is 34.8. The largest absolute Gasteiger partial charge is 0.276 e. The molecule has 12 heterocycles. The first kappa shape index (κ1) is 68.6. The molecule has 0 unspecified atom stereocenters. The van der Waals surface area contributed by atoms with Gasteiger partial charge in [-0.3, -0.25) is 26.4 Å². The number of rotatable bonds is 5. The molecule has 0 radical (unpaired) electrons. The van der Waals surface area contributed by atoms with Crippen molar-refractivity contribution >= 4 is 215 Å². The van der Waals surface area contributed by atoms with Gasteiger partial charge in [-0.25, -0.2) is 43.1 Å². The summed E-state index contributed by atoms with van der Waals surface area (Å²) in [5.74, 6) is 5.81. The van der Waals surface area contributed by atoms with Crippen molar-refractivity contribution in [2.24, 2.45) is 0 Å². The summed E-state index contributed by atoms with van der Waals surface area (Å²) < 4.78 is 20.7. The lowest BCUT2D eigenvalue weighted by atomic mass is 9.94. The minimum absolute atomic E-state index is 0.495. The van der Waals surface area contributed by atoms with Crippen LogP contribution < -0.4 is 0 Å². The maximum Gasteiger partial charge on any atom is 0.223 e. The SMILES string of the molecule is CC(C)c1ccc(-c2cc3c4c(c2)n2c5cc6ccccc6cc5nc2n4c2nc4cc5ccccc5cc4n32)cc1.Cc1ccc(-c2cc3c4c(c2)n2c5cc6ccccc6cc5nc2n4c2nc4cc5ccccc5cc4n32)cc1.c1ccc(-c2ccccc2-c2cc3c4c(c2)n2c5cc6ccccc6cc5nc2n4c2nc4cc5ccccc5cc4n32)cc1. The number of nitrogens with zero attached hydrogens (tertiary/aromatic N) is 15. The van der Waals surface area contributed by atoms with E-state index in [4.69, 9.17) is 29.9 Å². The van der Waals surface area contributed by atoms with E-state index in [-0.39, 0.29) is 0 Å². The van der Waals surface area contributed by atoms with Gasteiger partial charge in [-0.2, -0.15) is 0 Å².